The largest absolute Gasteiger partial charge is 0.444 e. The molecule has 1 aliphatic rings. The second-order valence-electron chi connectivity index (χ2n) is 8.32. The monoisotopic (exact) mass is 415 g/mol. The van der Waals surface area contributed by atoms with Crippen molar-refractivity contribution in [1.29, 1.82) is 0 Å². The Morgan fingerprint density at radius 1 is 1.07 bits per heavy atom. The van der Waals surface area contributed by atoms with Crippen LogP contribution in [0.5, 0.6) is 0 Å². The lowest BCUT2D eigenvalue weighted by Gasteiger charge is -2.33. The number of nitrogens with zero attached hydrogens (tertiary/aromatic N) is 2. The summed E-state index contributed by atoms with van der Waals surface area (Å²) in [6.07, 6.45) is 2.24. The van der Waals surface area contributed by atoms with Gasteiger partial charge in [-0.25, -0.2) is 9.18 Å². The van der Waals surface area contributed by atoms with Crippen molar-refractivity contribution in [2.75, 3.05) is 13.1 Å². The fourth-order valence-corrected chi connectivity index (χ4v) is 3.30. The van der Waals surface area contributed by atoms with E-state index in [0.29, 0.717) is 37.2 Å². The molecule has 0 unspecified atom stereocenters. The van der Waals surface area contributed by atoms with Gasteiger partial charge in [0.1, 0.15) is 11.4 Å². The molecule has 0 radical (unpaired) electrons. The van der Waals surface area contributed by atoms with Crippen molar-refractivity contribution in [3.8, 4) is 5.69 Å². The second kappa shape index (κ2) is 8.69. The zero-order valence-corrected chi connectivity index (χ0v) is 17.4. The standard InChI is InChI=1S/C22H26FN3O4/c1-22(2,3)30-21(29)24-17-10-12-25(13-11-17)20(28)15-4-9-19(27)26(14-15)18-7-5-16(23)6-8-18/h4-9,14,17H,10-13H2,1-3H3,(H,24,29). The molecule has 1 N–H and O–H groups in total. The molecule has 8 heteroatoms. The highest BCUT2D eigenvalue weighted by Gasteiger charge is 2.26. The molecule has 160 valence electrons. The predicted molar refractivity (Wildman–Crippen MR) is 110 cm³/mol. The van der Waals surface area contributed by atoms with E-state index in [9.17, 15) is 18.8 Å². The average Bonchev–Trinajstić information content (AvgIpc) is 2.68. The first kappa shape index (κ1) is 21.5. The molecule has 7 nitrogen and oxygen atoms in total. The molecule has 0 saturated carbocycles. The quantitative estimate of drug-likeness (QED) is 0.835. The summed E-state index contributed by atoms with van der Waals surface area (Å²) in [5.41, 5.74) is -0.0128. The third-order valence-corrected chi connectivity index (χ3v) is 4.77. The average molecular weight is 415 g/mol. The Balaban J connectivity index is 1.64. The summed E-state index contributed by atoms with van der Waals surface area (Å²) in [5, 5.41) is 2.84. The molecule has 1 aromatic heterocycles. The lowest BCUT2D eigenvalue weighted by atomic mass is 10.0. The maximum atomic E-state index is 13.2. The third-order valence-electron chi connectivity index (χ3n) is 4.77. The molecule has 3 rings (SSSR count). The molecule has 0 spiro atoms. The number of benzene rings is 1. The van der Waals surface area contributed by atoms with Gasteiger partial charge in [0.15, 0.2) is 0 Å². The van der Waals surface area contributed by atoms with Gasteiger partial charge in [-0.2, -0.15) is 0 Å². The number of likely N-dealkylation sites (tertiary alicyclic amines) is 1. The number of ether oxygens (including phenoxy) is 1. The van der Waals surface area contributed by atoms with E-state index in [1.54, 1.807) is 25.7 Å². The number of amides is 2. The lowest BCUT2D eigenvalue weighted by Crippen LogP contribution is -2.47. The van der Waals surface area contributed by atoms with Gasteiger partial charge in [-0.15, -0.1) is 0 Å². The smallest absolute Gasteiger partial charge is 0.407 e. The van der Waals surface area contributed by atoms with Gasteiger partial charge in [0.2, 0.25) is 0 Å². The molecule has 0 atom stereocenters. The van der Waals surface area contributed by atoms with Crippen LogP contribution in [0.3, 0.4) is 0 Å². The van der Waals surface area contributed by atoms with Gasteiger partial charge in [0.25, 0.3) is 11.5 Å². The minimum absolute atomic E-state index is 0.0583. The zero-order chi connectivity index (χ0) is 21.9. The molecule has 0 bridgehead atoms. The molecule has 2 amide bonds. The van der Waals surface area contributed by atoms with E-state index in [2.05, 4.69) is 5.32 Å². The van der Waals surface area contributed by atoms with Crippen LogP contribution in [0.25, 0.3) is 5.69 Å². The molecular formula is C22H26FN3O4. The summed E-state index contributed by atoms with van der Waals surface area (Å²) in [6, 6.07) is 8.26. The topological polar surface area (TPSA) is 80.6 Å². The van der Waals surface area contributed by atoms with Crippen LogP contribution >= 0.6 is 0 Å². The molecule has 1 aliphatic heterocycles. The second-order valence-corrected chi connectivity index (χ2v) is 8.32. The first-order valence-electron chi connectivity index (χ1n) is 9.90. The van der Waals surface area contributed by atoms with E-state index in [1.165, 1.54) is 47.2 Å². The first-order valence-corrected chi connectivity index (χ1v) is 9.90. The number of halogens is 1. The van der Waals surface area contributed by atoms with Gasteiger partial charge in [-0.3, -0.25) is 14.2 Å². The van der Waals surface area contributed by atoms with Gasteiger partial charge < -0.3 is 15.0 Å². The van der Waals surface area contributed by atoms with Crippen LogP contribution in [-0.4, -0.2) is 46.2 Å². The Bertz CT molecular complexity index is 971. The van der Waals surface area contributed by atoms with Crippen molar-refractivity contribution < 1.29 is 18.7 Å². The van der Waals surface area contributed by atoms with E-state index < -0.39 is 17.5 Å². The van der Waals surface area contributed by atoms with Crippen LogP contribution in [0.2, 0.25) is 0 Å². The predicted octanol–water partition coefficient (Wildman–Crippen LogP) is 3.11. The van der Waals surface area contributed by atoms with Crippen LogP contribution in [-0.2, 0) is 4.74 Å². The van der Waals surface area contributed by atoms with Crippen LogP contribution in [0.15, 0.2) is 47.4 Å². The lowest BCUT2D eigenvalue weighted by molar-refractivity contribution is 0.0473. The summed E-state index contributed by atoms with van der Waals surface area (Å²) in [4.78, 5) is 38.7. The highest BCUT2D eigenvalue weighted by atomic mass is 19.1. The number of rotatable bonds is 3. The maximum absolute atomic E-state index is 13.2. The number of aromatic nitrogens is 1. The van der Waals surface area contributed by atoms with Crippen LogP contribution < -0.4 is 10.9 Å². The Morgan fingerprint density at radius 3 is 2.30 bits per heavy atom. The fraction of sp³-hybridized carbons (Fsp3) is 0.409. The zero-order valence-electron chi connectivity index (χ0n) is 17.4. The molecule has 2 heterocycles. The molecule has 1 fully saturated rings. The van der Waals surface area contributed by atoms with Gasteiger partial charge >= 0.3 is 6.09 Å². The van der Waals surface area contributed by atoms with Crippen LogP contribution in [0.4, 0.5) is 9.18 Å². The number of carbonyl (C=O) groups is 2. The van der Waals surface area contributed by atoms with Crippen molar-refractivity contribution in [3.05, 3.63) is 64.3 Å². The molecule has 2 aromatic rings. The number of alkyl carbamates (subject to hydrolysis) is 1. The highest BCUT2D eigenvalue weighted by Crippen LogP contribution is 2.16. The van der Waals surface area contributed by atoms with E-state index in [-0.39, 0.29) is 17.5 Å². The number of hydrogen-bond acceptors (Lipinski definition) is 4. The fourth-order valence-electron chi connectivity index (χ4n) is 3.30. The molecule has 30 heavy (non-hydrogen) atoms. The van der Waals surface area contributed by atoms with Crippen LogP contribution in [0.1, 0.15) is 44.0 Å². The number of hydrogen-bond donors (Lipinski definition) is 1. The van der Waals surface area contributed by atoms with E-state index in [1.807, 2.05) is 0 Å². The van der Waals surface area contributed by atoms with Crippen molar-refractivity contribution in [1.82, 2.24) is 14.8 Å². The SMILES string of the molecule is CC(C)(C)OC(=O)NC1CCN(C(=O)c2ccc(=O)n(-c3ccc(F)cc3)c2)CC1. The van der Waals surface area contributed by atoms with Gasteiger partial charge in [0.05, 0.1) is 5.56 Å². The summed E-state index contributed by atoms with van der Waals surface area (Å²) < 4.78 is 19.8. The summed E-state index contributed by atoms with van der Waals surface area (Å²) in [7, 11) is 0. The van der Waals surface area contributed by atoms with Crippen LogP contribution in [0, 0.1) is 5.82 Å². The van der Waals surface area contributed by atoms with Gasteiger partial charge in [0, 0.05) is 37.1 Å². The van der Waals surface area contributed by atoms with Gasteiger partial charge in [-0.05, 0) is 63.9 Å². The third kappa shape index (κ3) is 5.46. The minimum atomic E-state index is -0.561. The molecule has 1 aromatic carbocycles. The summed E-state index contributed by atoms with van der Waals surface area (Å²) >= 11 is 0. The first-order chi connectivity index (χ1) is 14.1. The Labute approximate surface area is 174 Å². The normalized spacial score (nSPS) is 15.0. The molecular weight excluding hydrogens is 389 g/mol. The summed E-state index contributed by atoms with van der Waals surface area (Å²) in [5.74, 6) is -0.594. The van der Waals surface area contributed by atoms with Crippen molar-refractivity contribution in [2.45, 2.75) is 45.3 Å². The molecule has 1 saturated heterocycles. The minimum Gasteiger partial charge on any atom is -0.444 e. The number of piperidine rings is 1. The maximum Gasteiger partial charge on any atom is 0.407 e. The van der Waals surface area contributed by atoms with E-state index in [4.69, 9.17) is 4.74 Å². The highest BCUT2D eigenvalue weighted by molar-refractivity contribution is 5.94. The number of carbonyl (C=O) groups excluding carboxylic acids is 2. The van der Waals surface area contributed by atoms with Crippen molar-refractivity contribution in [3.63, 3.8) is 0 Å². The Morgan fingerprint density at radius 2 is 1.70 bits per heavy atom. The Hall–Kier alpha value is -3.16. The number of nitrogens with one attached hydrogen (secondary N) is 1. The number of pyridine rings is 1. The van der Waals surface area contributed by atoms with Crippen molar-refractivity contribution in [2.24, 2.45) is 0 Å². The van der Waals surface area contributed by atoms with Gasteiger partial charge in [-0.1, -0.05) is 0 Å². The van der Waals surface area contributed by atoms with E-state index in [0.717, 1.165) is 0 Å². The van der Waals surface area contributed by atoms with Crippen molar-refractivity contribution >= 4 is 12.0 Å². The molecule has 0 aliphatic carbocycles. The Kier molecular flexibility index (Phi) is 6.24. The van der Waals surface area contributed by atoms with E-state index >= 15 is 0 Å². The summed E-state index contributed by atoms with van der Waals surface area (Å²) in [6.45, 7) is 6.38.